The van der Waals surface area contributed by atoms with Crippen molar-refractivity contribution in [3.8, 4) is 17.2 Å². The van der Waals surface area contributed by atoms with E-state index < -0.39 is 17.8 Å². The van der Waals surface area contributed by atoms with E-state index in [-0.39, 0.29) is 23.0 Å². The molecule has 0 aliphatic rings. The Balaban J connectivity index is 1.63. The molecule has 3 aromatic carbocycles. The van der Waals surface area contributed by atoms with Gasteiger partial charge in [0.25, 0.3) is 0 Å². The van der Waals surface area contributed by atoms with Crippen LogP contribution in [-0.2, 0) is 6.18 Å². The van der Waals surface area contributed by atoms with Crippen LogP contribution in [0.2, 0.25) is 5.02 Å². The Bertz CT molecular complexity index is 1370. The summed E-state index contributed by atoms with van der Waals surface area (Å²) in [6.45, 7) is 0. The predicted molar refractivity (Wildman–Crippen MR) is 113 cm³/mol. The molecule has 1 unspecified atom stereocenters. The zero-order chi connectivity index (χ0) is 23.0. The molecular formula is C22H13ClF3N5O2. The molecule has 0 bridgehead atoms. The van der Waals surface area contributed by atoms with E-state index in [2.05, 4.69) is 25.6 Å². The number of hydrogen-bond acceptors (Lipinski definition) is 6. The second kappa shape index (κ2) is 8.21. The zero-order valence-electron chi connectivity index (χ0n) is 16.5. The van der Waals surface area contributed by atoms with E-state index in [0.29, 0.717) is 21.7 Å². The standard InChI is InChI=1S/C22H13ClF3N5O2/c23-14-8-5-12(6-9-14)19(20-28-30-31-29-20)32-17-10-7-13(22(24,25)26)11-15(17)21-27-16-3-1-2-4-18(16)33-21/h1-11,19H,(H,28,29,30,31). The third kappa shape index (κ3) is 4.24. The van der Waals surface area contributed by atoms with Crippen molar-refractivity contribution in [3.05, 3.63) is 88.7 Å². The molecule has 166 valence electrons. The van der Waals surface area contributed by atoms with Gasteiger partial charge >= 0.3 is 6.18 Å². The van der Waals surface area contributed by atoms with Crippen LogP contribution < -0.4 is 4.74 Å². The summed E-state index contributed by atoms with van der Waals surface area (Å²) in [5, 5.41) is 14.4. The Hall–Kier alpha value is -3.92. The van der Waals surface area contributed by atoms with Crippen LogP contribution in [-0.4, -0.2) is 25.6 Å². The van der Waals surface area contributed by atoms with Crippen LogP contribution in [0.1, 0.15) is 23.1 Å². The van der Waals surface area contributed by atoms with Gasteiger partial charge in [-0.15, -0.1) is 10.2 Å². The molecule has 0 aliphatic carbocycles. The van der Waals surface area contributed by atoms with Crippen LogP contribution in [0.4, 0.5) is 13.2 Å². The molecule has 11 heteroatoms. The summed E-state index contributed by atoms with van der Waals surface area (Å²) < 4.78 is 52.3. The minimum atomic E-state index is -4.57. The Morgan fingerprint density at radius 3 is 2.48 bits per heavy atom. The van der Waals surface area contributed by atoms with Gasteiger partial charge in [0.1, 0.15) is 11.3 Å². The highest BCUT2D eigenvalue weighted by atomic mass is 35.5. The van der Waals surface area contributed by atoms with Crippen LogP contribution in [0, 0.1) is 0 Å². The van der Waals surface area contributed by atoms with Gasteiger partial charge in [-0.1, -0.05) is 41.1 Å². The highest BCUT2D eigenvalue weighted by Crippen LogP contribution is 2.40. The Kier molecular flexibility index (Phi) is 5.21. The van der Waals surface area contributed by atoms with Crippen molar-refractivity contribution in [2.45, 2.75) is 12.3 Å². The molecule has 1 atom stereocenters. The second-order valence-corrected chi connectivity index (χ2v) is 7.45. The van der Waals surface area contributed by atoms with E-state index in [0.717, 1.165) is 12.1 Å². The fraction of sp³-hybridized carbons (Fsp3) is 0.0909. The van der Waals surface area contributed by atoms with Crippen molar-refractivity contribution in [1.82, 2.24) is 25.6 Å². The molecule has 0 saturated carbocycles. The number of para-hydroxylation sites is 2. The van der Waals surface area contributed by atoms with Crippen LogP contribution in [0.15, 0.2) is 71.1 Å². The first-order valence-corrected chi connectivity index (χ1v) is 9.99. The van der Waals surface area contributed by atoms with Gasteiger partial charge in [-0.3, -0.25) is 0 Å². The largest absolute Gasteiger partial charge is 0.477 e. The molecule has 1 N–H and O–H groups in total. The van der Waals surface area contributed by atoms with E-state index in [1.165, 1.54) is 6.07 Å². The number of fused-ring (bicyclic) bond motifs is 1. The van der Waals surface area contributed by atoms with Crippen LogP contribution >= 0.6 is 11.6 Å². The van der Waals surface area contributed by atoms with E-state index in [1.807, 2.05) is 0 Å². The number of rotatable bonds is 5. The summed E-state index contributed by atoms with van der Waals surface area (Å²) in [6, 6.07) is 16.7. The predicted octanol–water partition coefficient (Wildman–Crippen LogP) is 5.85. The van der Waals surface area contributed by atoms with Crippen LogP contribution in [0.3, 0.4) is 0 Å². The molecular weight excluding hydrogens is 459 g/mol. The quantitative estimate of drug-likeness (QED) is 0.346. The number of hydrogen-bond donors (Lipinski definition) is 1. The summed E-state index contributed by atoms with van der Waals surface area (Å²) >= 11 is 5.99. The van der Waals surface area contributed by atoms with Gasteiger partial charge in [-0.25, -0.2) is 4.98 Å². The average Bonchev–Trinajstić information content (AvgIpc) is 3.47. The number of nitrogens with one attached hydrogen (secondary N) is 1. The third-order valence-electron chi connectivity index (χ3n) is 4.84. The number of benzene rings is 3. The van der Waals surface area contributed by atoms with Crippen molar-refractivity contribution in [1.29, 1.82) is 0 Å². The molecule has 2 aromatic heterocycles. The highest BCUT2D eigenvalue weighted by molar-refractivity contribution is 6.30. The smallest absolute Gasteiger partial charge is 0.416 e. The molecule has 0 saturated heterocycles. The molecule has 7 nitrogen and oxygen atoms in total. The number of aromatic amines is 1. The number of nitrogens with zero attached hydrogens (tertiary/aromatic N) is 4. The lowest BCUT2D eigenvalue weighted by Gasteiger charge is -2.19. The minimum Gasteiger partial charge on any atom is -0.477 e. The number of H-pyrrole nitrogens is 1. The molecule has 0 aliphatic heterocycles. The topological polar surface area (TPSA) is 89.7 Å². The maximum atomic E-state index is 13.5. The number of oxazole rings is 1. The Labute approximate surface area is 189 Å². The number of aromatic nitrogens is 5. The van der Waals surface area contributed by atoms with Gasteiger partial charge in [-0.05, 0) is 42.5 Å². The number of tetrazole rings is 1. The molecule has 0 fully saturated rings. The van der Waals surface area contributed by atoms with E-state index in [1.54, 1.807) is 48.5 Å². The van der Waals surface area contributed by atoms with E-state index >= 15 is 0 Å². The molecule has 0 amide bonds. The van der Waals surface area contributed by atoms with Gasteiger partial charge < -0.3 is 9.15 Å². The Morgan fingerprint density at radius 2 is 1.79 bits per heavy atom. The van der Waals surface area contributed by atoms with Gasteiger partial charge in [-0.2, -0.15) is 18.4 Å². The molecule has 2 heterocycles. The lowest BCUT2D eigenvalue weighted by molar-refractivity contribution is -0.137. The summed E-state index contributed by atoms with van der Waals surface area (Å²) in [6.07, 6.45) is -5.45. The van der Waals surface area contributed by atoms with Crippen LogP contribution in [0.5, 0.6) is 5.75 Å². The number of halogens is 4. The number of ether oxygens (including phenoxy) is 1. The average molecular weight is 472 g/mol. The van der Waals surface area contributed by atoms with Gasteiger partial charge in [0.2, 0.25) is 11.7 Å². The monoisotopic (exact) mass is 471 g/mol. The summed E-state index contributed by atoms with van der Waals surface area (Å²) in [4.78, 5) is 4.34. The van der Waals surface area contributed by atoms with Crippen molar-refractivity contribution in [2.75, 3.05) is 0 Å². The van der Waals surface area contributed by atoms with Crippen molar-refractivity contribution in [3.63, 3.8) is 0 Å². The summed E-state index contributed by atoms with van der Waals surface area (Å²) in [5.41, 5.74) is 0.717. The first-order chi connectivity index (χ1) is 15.9. The van der Waals surface area contributed by atoms with Crippen LogP contribution in [0.25, 0.3) is 22.6 Å². The summed E-state index contributed by atoms with van der Waals surface area (Å²) in [7, 11) is 0. The van der Waals surface area contributed by atoms with Crippen molar-refractivity contribution < 1.29 is 22.3 Å². The lowest BCUT2D eigenvalue weighted by Crippen LogP contribution is -2.13. The molecule has 0 spiro atoms. The third-order valence-corrected chi connectivity index (χ3v) is 5.10. The lowest BCUT2D eigenvalue weighted by atomic mass is 10.1. The molecule has 33 heavy (non-hydrogen) atoms. The van der Waals surface area contributed by atoms with E-state index in [4.69, 9.17) is 20.8 Å². The van der Waals surface area contributed by atoms with Gasteiger partial charge in [0.05, 0.1) is 11.1 Å². The van der Waals surface area contributed by atoms with Gasteiger partial charge in [0, 0.05) is 10.6 Å². The second-order valence-electron chi connectivity index (χ2n) is 7.01. The molecule has 0 radical (unpaired) electrons. The van der Waals surface area contributed by atoms with Gasteiger partial charge in [0.15, 0.2) is 11.7 Å². The van der Waals surface area contributed by atoms with Crippen molar-refractivity contribution in [2.24, 2.45) is 0 Å². The summed E-state index contributed by atoms with van der Waals surface area (Å²) in [5.74, 6) is 0.264. The normalized spacial score (nSPS) is 12.7. The van der Waals surface area contributed by atoms with E-state index in [9.17, 15) is 13.2 Å². The molecule has 5 aromatic rings. The SMILES string of the molecule is FC(F)(F)c1ccc(OC(c2ccc(Cl)cc2)c2nn[nH]n2)c(-c2nc3ccccc3o2)c1. The minimum absolute atomic E-state index is 0.0136. The van der Waals surface area contributed by atoms with Crippen molar-refractivity contribution >= 4 is 22.7 Å². The first kappa shape index (κ1) is 21.0. The fourth-order valence-electron chi connectivity index (χ4n) is 3.28. The fourth-order valence-corrected chi connectivity index (χ4v) is 3.40. The maximum absolute atomic E-state index is 13.5. The highest BCUT2D eigenvalue weighted by Gasteiger charge is 2.33. The zero-order valence-corrected chi connectivity index (χ0v) is 17.3. The Morgan fingerprint density at radius 1 is 1.00 bits per heavy atom. The first-order valence-electron chi connectivity index (χ1n) is 9.61. The number of alkyl halides is 3. The maximum Gasteiger partial charge on any atom is 0.416 e. The molecule has 5 rings (SSSR count).